The number of hydrogen-bond donors (Lipinski definition) is 3. The van der Waals surface area contributed by atoms with Crippen LogP contribution in [0.15, 0.2) is 48.5 Å². The van der Waals surface area contributed by atoms with Gasteiger partial charge < -0.3 is 10.1 Å². The van der Waals surface area contributed by atoms with Crippen LogP contribution >= 0.6 is 12.2 Å². The van der Waals surface area contributed by atoms with Crippen LogP contribution in [0.3, 0.4) is 0 Å². The van der Waals surface area contributed by atoms with Crippen molar-refractivity contribution in [2.45, 2.75) is 6.54 Å². The summed E-state index contributed by atoms with van der Waals surface area (Å²) >= 11 is 5.11. The van der Waals surface area contributed by atoms with E-state index in [1.807, 2.05) is 30.3 Å². The molecule has 0 aliphatic rings. The standard InChI is InChI=1S/C17H16N4O2S/c1-23-15-8-4-13(5-9-15)11-19-17(24)21-20-16(22)14-6-2-12(10-18)3-7-14/h2-9H,11H2,1H3,(H,20,22)(H2,19,21,24). The molecule has 0 radical (unpaired) electrons. The van der Waals surface area contributed by atoms with E-state index >= 15 is 0 Å². The molecule has 2 aromatic carbocycles. The zero-order valence-electron chi connectivity index (χ0n) is 13.0. The van der Waals surface area contributed by atoms with Gasteiger partial charge >= 0.3 is 0 Å². The lowest BCUT2D eigenvalue weighted by molar-refractivity contribution is 0.0943. The molecule has 6 nitrogen and oxygen atoms in total. The van der Waals surface area contributed by atoms with Crippen molar-refractivity contribution >= 4 is 23.2 Å². The third-order valence-electron chi connectivity index (χ3n) is 3.18. The third-order valence-corrected chi connectivity index (χ3v) is 3.42. The van der Waals surface area contributed by atoms with E-state index in [1.54, 1.807) is 31.4 Å². The SMILES string of the molecule is COc1ccc(CNC(=S)NNC(=O)c2ccc(C#N)cc2)cc1. The van der Waals surface area contributed by atoms with E-state index < -0.39 is 0 Å². The Balaban J connectivity index is 1.77. The number of rotatable bonds is 4. The monoisotopic (exact) mass is 340 g/mol. The summed E-state index contributed by atoms with van der Waals surface area (Å²) in [6.45, 7) is 0.516. The van der Waals surface area contributed by atoms with Crippen molar-refractivity contribution in [2.75, 3.05) is 7.11 Å². The molecule has 122 valence electrons. The normalized spacial score (nSPS) is 9.50. The Morgan fingerprint density at radius 3 is 2.38 bits per heavy atom. The predicted molar refractivity (Wildman–Crippen MR) is 94.2 cm³/mol. The summed E-state index contributed by atoms with van der Waals surface area (Å²) in [4.78, 5) is 11.9. The number of carbonyl (C=O) groups excluding carboxylic acids is 1. The van der Waals surface area contributed by atoms with Crippen LogP contribution in [0, 0.1) is 11.3 Å². The molecule has 0 heterocycles. The van der Waals surface area contributed by atoms with Gasteiger partial charge in [-0.3, -0.25) is 15.6 Å². The second-order valence-electron chi connectivity index (χ2n) is 4.80. The Morgan fingerprint density at radius 1 is 1.12 bits per heavy atom. The highest BCUT2D eigenvalue weighted by Crippen LogP contribution is 2.10. The topological polar surface area (TPSA) is 86.2 Å². The molecule has 0 unspecified atom stereocenters. The molecule has 0 saturated carbocycles. The van der Waals surface area contributed by atoms with Gasteiger partial charge in [-0.1, -0.05) is 12.1 Å². The minimum absolute atomic E-state index is 0.299. The lowest BCUT2D eigenvalue weighted by Crippen LogP contribution is -2.46. The quantitative estimate of drug-likeness (QED) is 0.582. The molecule has 0 saturated heterocycles. The van der Waals surface area contributed by atoms with Crippen molar-refractivity contribution in [3.8, 4) is 11.8 Å². The van der Waals surface area contributed by atoms with Gasteiger partial charge in [0.2, 0.25) is 0 Å². The molecule has 0 aliphatic heterocycles. The molecule has 2 rings (SSSR count). The average molecular weight is 340 g/mol. The maximum absolute atomic E-state index is 11.9. The van der Waals surface area contributed by atoms with Gasteiger partial charge in [-0.2, -0.15) is 5.26 Å². The first kappa shape index (κ1) is 17.2. The van der Waals surface area contributed by atoms with Gasteiger partial charge in [0.25, 0.3) is 5.91 Å². The summed E-state index contributed by atoms with van der Waals surface area (Å²) in [5.41, 5.74) is 7.08. The minimum atomic E-state index is -0.340. The Labute approximate surface area is 145 Å². The molecule has 0 spiro atoms. The second kappa shape index (κ2) is 8.50. The second-order valence-corrected chi connectivity index (χ2v) is 5.21. The molecule has 1 amide bonds. The zero-order chi connectivity index (χ0) is 17.4. The minimum Gasteiger partial charge on any atom is -0.497 e. The van der Waals surface area contributed by atoms with Gasteiger partial charge in [0.15, 0.2) is 5.11 Å². The van der Waals surface area contributed by atoms with Crippen LogP contribution in [0.5, 0.6) is 5.75 Å². The predicted octanol–water partition coefficient (Wildman–Crippen LogP) is 1.88. The van der Waals surface area contributed by atoms with E-state index in [2.05, 4.69) is 16.2 Å². The first-order valence-corrected chi connectivity index (χ1v) is 7.50. The van der Waals surface area contributed by atoms with Gasteiger partial charge in [0.05, 0.1) is 18.7 Å². The van der Waals surface area contributed by atoms with Crippen LogP contribution in [0.2, 0.25) is 0 Å². The Kier molecular flexibility index (Phi) is 6.11. The van der Waals surface area contributed by atoms with Crippen molar-refractivity contribution < 1.29 is 9.53 Å². The molecular formula is C17H16N4O2S. The van der Waals surface area contributed by atoms with E-state index in [0.717, 1.165) is 11.3 Å². The van der Waals surface area contributed by atoms with Crippen LogP contribution < -0.4 is 20.9 Å². The number of nitriles is 1. The highest BCUT2D eigenvalue weighted by atomic mass is 32.1. The van der Waals surface area contributed by atoms with Crippen LogP contribution in [0.25, 0.3) is 0 Å². The maximum atomic E-state index is 11.9. The van der Waals surface area contributed by atoms with Gasteiger partial charge in [-0.25, -0.2) is 0 Å². The third kappa shape index (κ3) is 4.97. The highest BCUT2D eigenvalue weighted by Gasteiger charge is 2.05. The molecule has 0 aromatic heterocycles. The van der Waals surface area contributed by atoms with Crippen LogP contribution in [0.4, 0.5) is 0 Å². The Morgan fingerprint density at radius 2 is 1.79 bits per heavy atom. The fourth-order valence-corrected chi connectivity index (χ4v) is 1.97. The van der Waals surface area contributed by atoms with Crippen LogP contribution in [-0.4, -0.2) is 18.1 Å². The van der Waals surface area contributed by atoms with E-state index in [0.29, 0.717) is 22.8 Å². The molecule has 0 fully saturated rings. The molecule has 0 aliphatic carbocycles. The van der Waals surface area contributed by atoms with Gasteiger partial charge in [-0.15, -0.1) is 0 Å². The highest BCUT2D eigenvalue weighted by molar-refractivity contribution is 7.80. The number of ether oxygens (including phenoxy) is 1. The fourth-order valence-electron chi connectivity index (χ4n) is 1.85. The first-order chi connectivity index (χ1) is 11.6. The van der Waals surface area contributed by atoms with Crippen molar-refractivity contribution in [1.82, 2.24) is 16.2 Å². The summed E-state index contributed by atoms with van der Waals surface area (Å²) < 4.78 is 5.09. The summed E-state index contributed by atoms with van der Waals surface area (Å²) in [5.74, 6) is 0.446. The molecule has 2 aromatic rings. The van der Waals surface area contributed by atoms with E-state index in [9.17, 15) is 4.79 Å². The lowest BCUT2D eigenvalue weighted by atomic mass is 10.1. The number of nitrogens with one attached hydrogen (secondary N) is 3. The number of amides is 1. The number of hydrazine groups is 1. The van der Waals surface area contributed by atoms with Gasteiger partial charge in [0, 0.05) is 12.1 Å². The summed E-state index contributed by atoms with van der Waals surface area (Å²) in [6, 6.07) is 15.9. The smallest absolute Gasteiger partial charge is 0.269 e. The van der Waals surface area contributed by atoms with Crippen molar-refractivity contribution in [3.05, 3.63) is 65.2 Å². The number of carbonyl (C=O) groups is 1. The number of hydrogen-bond acceptors (Lipinski definition) is 4. The average Bonchev–Trinajstić information content (AvgIpc) is 2.64. The van der Waals surface area contributed by atoms with Crippen molar-refractivity contribution in [3.63, 3.8) is 0 Å². The molecule has 7 heteroatoms. The summed E-state index contributed by atoms with van der Waals surface area (Å²) in [6.07, 6.45) is 0. The molecule has 0 atom stereocenters. The zero-order valence-corrected chi connectivity index (χ0v) is 13.8. The largest absolute Gasteiger partial charge is 0.497 e. The number of thiocarbonyl (C=S) groups is 1. The maximum Gasteiger partial charge on any atom is 0.269 e. The molecule has 24 heavy (non-hydrogen) atoms. The summed E-state index contributed by atoms with van der Waals surface area (Å²) in [5, 5.41) is 12.0. The van der Waals surface area contributed by atoms with Gasteiger partial charge in [-0.05, 0) is 54.2 Å². The number of methoxy groups -OCH3 is 1. The van der Waals surface area contributed by atoms with Gasteiger partial charge in [0.1, 0.15) is 5.75 Å². The van der Waals surface area contributed by atoms with Crippen molar-refractivity contribution in [2.24, 2.45) is 0 Å². The van der Waals surface area contributed by atoms with Crippen LogP contribution in [0.1, 0.15) is 21.5 Å². The van der Waals surface area contributed by atoms with E-state index in [4.69, 9.17) is 22.2 Å². The first-order valence-electron chi connectivity index (χ1n) is 7.09. The summed E-state index contributed by atoms with van der Waals surface area (Å²) in [7, 11) is 1.61. The molecule has 0 bridgehead atoms. The Hall–Kier alpha value is -3.11. The van der Waals surface area contributed by atoms with Crippen molar-refractivity contribution in [1.29, 1.82) is 5.26 Å². The number of nitrogens with zero attached hydrogens (tertiary/aromatic N) is 1. The fraction of sp³-hybridized carbons (Fsp3) is 0.118. The van der Waals surface area contributed by atoms with Crippen LogP contribution in [-0.2, 0) is 6.54 Å². The van der Waals surface area contributed by atoms with E-state index in [-0.39, 0.29) is 5.91 Å². The lowest BCUT2D eigenvalue weighted by Gasteiger charge is -2.12. The molecule has 3 N–H and O–H groups in total. The number of benzene rings is 2. The van der Waals surface area contributed by atoms with E-state index in [1.165, 1.54) is 0 Å². The Bertz CT molecular complexity index is 752. The molecular weight excluding hydrogens is 324 g/mol.